The van der Waals surface area contributed by atoms with Gasteiger partial charge in [0.15, 0.2) is 5.82 Å². The maximum absolute atomic E-state index is 5.58. The molecule has 0 aliphatic carbocycles. The second-order valence-electron chi connectivity index (χ2n) is 7.92. The highest BCUT2D eigenvalue weighted by atomic mass is 32.2. The van der Waals surface area contributed by atoms with Gasteiger partial charge in [0, 0.05) is 48.9 Å². The van der Waals surface area contributed by atoms with Crippen LogP contribution in [0.5, 0.6) is 5.88 Å². The number of methoxy groups -OCH3 is 1. The minimum Gasteiger partial charge on any atom is -0.481 e. The Morgan fingerprint density at radius 3 is 2.69 bits per heavy atom. The van der Waals surface area contributed by atoms with E-state index in [0.29, 0.717) is 5.88 Å². The first-order chi connectivity index (χ1) is 15.6. The first-order valence-electron chi connectivity index (χ1n) is 10.8. The molecular weight excluding hydrogens is 426 g/mol. The fourth-order valence-electron chi connectivity index (χ4n) is 3.60. The number of ether oxygens (including phenoxy) is 2. The molecule has 0 bridgehead atoms. The highest BCUT2D eigenvalue weighted by molar-refractivity contribution is 8.01. The third-order valence-electron chi connectivity index (χ3n) is 5.72. The molecule has 1 N–H and O–H groups in total. The summed E-state index contributed by atoms with van der Waals surface area (Å²) in [5, 5.41) is 9.19. The zero-order chi connectivity index (χ0) is 22.5. The number of nitrogens with one attached hydrogen (secondary N) is 1. The number of aromatic nitrogens is 6. The van der Waals surface area contributed by atoms with E-state index in [1.807, 2.05) is 37.5 Å². The van der Waals surface area contributed by atoms with E-state index in [1.165, 1.54) is 0 Å². The van der Waals surface area contributed by atoms with Crippen molar-refractivity contribution in [1.29, 1.82) is 0 Å². The van der Waals surface area contributed by atoms with Crippen molar-refractivity contribution >= 4 is 17.9 Å². The Labute approximate surface area is 192 Å². The van der Waals surface area contributed by atoms with Crippen LogP contribution in [0, 0.1) is 6.92 Å². The number of nitrogens with zero attached hydrogens (tertiary/aromatic N) is 6. The molecule has 4 rings (SSSR count). The summed E-state index contributed by atoms with van der Waals surface area (Å²) in [4.78, 5) is 13.5. The monoisotopic (exact) mass is 455 g/mol. The second-order valence-corrected chi connectivity index (χ2v) is 9.11. The minimum absolute atomic E-state index is 0.222. The van der Waals surface area contributed by atoms with Gasteiger partial charge in [-0.15, -0.1) is 10.2 Å². The van der Waals surface area contributed by atoms with Gasteiger partial charge in [-0.1, -0.05) is 19.9 Å². The van der Waals surface area contributed by atoms with Crippen LogP contribution in [0.25, 0.3) is 11.5 Å². The summed E-state index contributed by atoms with van der Waals surface area (Å²) in [5.74, 6) is 2.22. The average molecular weight is 456 g/mol. The van der Waals surface area contributed by atoms with Crippen molar-refractivity contribution in [2.24, 2.45) is 0 Å². The molecule has 2 atom stereocenters. The zero-order valence-corrected chi connectivity index (χ0v) is 19.7. The molecule has 0 aromatic carbocycles. The largest absolute Gasteiger partial charge is 0.481 e. The molecule has 1 fully saturated rings. The lowest BCUT2D eigenvalue weighted by atomic mass is 10.1. The first-order valence-corrected chi connectivity index (χ1v) is 11.7. The SMILES string of the molecule is COc1cccc(-c2nnc(NSC(C)C(C)c3cnc(C)cn3)n2C2CCOCC2)n1. The Morgan fingerprint density at radius 2 is 1.97 bits per heavy atom. The van der Waals surface area contributed by atoms with E-state index in [1.54, 1.807) is 19.1 Å². The van der Waals surface area contributed by atoms with Crippen molar-refractivity contribution in [3.05, 3.63) is 42.0 Å². The van der Waals surface area contributed by atoms with E-state index in [0.717, 1.165) is 54.9 Å². The predicted octanol–water partition coefficient (Wildman–Crippen LogP) is 4.05. The molecule has 10 heteroatoms. The van der Waals surface area contributed by atoms with Gasteiger partial charge in [0.25, 0.3) is 0 Å². The van der Waals surface area contributed by atoms with Crippen molar-refractivity contribution in [2.75, 3.05) is 25.0 Å². The maximum atomic E-state index is 5.58. The van der Waals surface area contributed by atoms with Crippen LogP contribution in [-0.2, 0) is 4.74 Å². The standard InChI is InChI=1S/C22H29N7O2S/c1-14-12-24-19(13-23-14)15(2)16(3)32-28-22-27-26-21(18-6-5-7-20(25-18)30-4)29(22)17-8-10-31-11-9-17/h5-7,12-13,15-17H,8-11H2,1-4H3,(H,27,28). The number of hydrogen-bond donors (Lipinski definition) is 1. The number of pyridine rings is 1. The van der Waals surface area contributed by atoms with Gasteiger partial charge < -0.3 is 9.47 Å². The van der Waals surface area contributed by atoms with Gasteiger partial charge in [0.05, 0.1) is 18.5 Å². The first kappa shape index (κ1) is 22.5. The highest BCUT2D eigenvalue weighted by Gasteiger charge is 2.26. The molecule has 1 aliphatic rings. The van der Waals surface area contributed by atoms with Crippen molar-refractivity contribution in [3.8, 4) is 17.4 Å². The van der Waals surface area contributed by atoms with E-state index in [4.69, 9.17) is 9.47 Å². The van der Waals surface area contributed by atoms with Crippen LogP contribution < -0.4 is 9.46 Å². The Hall–Kier alpha value is -2.72. The molecular formula is C22H29N7O2S. The van der Waals surface area contributed by atoms with Crippen molar-refractivity contribution in [1.82, 2.24) is 29.7 Å². The topological polar surface area (TPSA) is 99.9 Å². The lowest BCUT2D eigenvalue weighted by Gasteiger charge is -2.26. The molecule has 0 radical (unpaired) electrons. The number of rotatable bonds is 8. The van der Waals surface area contributed by atoms with Gasteiger partial charge >= 0.3 is 0 Å². The number of anilines is 1. The average Bonchev–Trinajstić information content (AvgIpc) is 3.27. The Bertz CT molecular complexity index is 1020. The molecule has 2 unspecified atom stereocenters. The quantitative estimate of drug-likeness (QED) is 0.504. The van der Waals surface area contributed by atoms with Crippen LogP contribution in [-0.4, -0.2) is 55.3 Å². The van der Waals surface area contributed by atoms with Crippen molar-refractivity contribution < 1.29 is 9.47 Å². The Balaban J connectivity index is 1.56. The summed E-state index contributed by atoms with van der Waals surface area (Å²) in [7, 11) is 1.61. The van der Waals surface area contributed by atoms with Gasteiger partial charge in [-0.05, 0) is 37.8 Å². The van der Waals surface area contributed by atoms with Crippen molar-refractivity contribution in [2.45, 2.75) is 50.8 Å². The lowest BCUT2D eigenvalue weighted by molar-refractivity contribution is 0.0704. The predicted molar refractivity (Wildman–Crippen MR) is 125 cm³/mol. The van der Waals surface area contributed by atoms with Crippen LogP contribution in [0.4, 0.5) is 5.95 Å². The molecule has 0 spiro atoms. The van der Waals surface area contributed by atoms with Gasteiger partial charge in [-0.3, -0.25) is 19.3 Å². The van der Waals surface area contributed by atoms with E-state index in [9.17, 15) is 0 Å². The van der Waals surface area contributed by atoms with Gasteiger partial charge in [0.2, 0.25) is 11.8 Å². The third kappa shape index (κ3) is 5.02. The van der Waals surface area contributed by atoms with Crippen LogP contribution in [0.15, 0.2) is 30.6 Å². The lowest BCUT2D eigenvalue weighted by Crippen LogP contribution is -2.22. The van der Waals surface area contributed by atoms with Crippen LogP contribution in [0.3, 0.4) is 0 Å². The molecule has 0 saturated carbocycles. The highest BCUT2D eigenvalue weighted by Crippen LogP contribution is 2.33. The summed E-state index contributed by atoms with van der Waals surface area (Å²) >= 11 is 1.61. The number of hydrogen-bond acceptors (Lipinski definition) is 9. The molecule has 3 aromatic rings. The van der Waals surface area contributed by atoms with Gasteiger partial charge in [0.1, 0.15) is 5.69 Å². The van der Waals surface area contributed by atoms with Gasteiger partial charge in [-0.25, -0.2) is 4.98 Å². The summed E-state index contributed by atoms with van der Waals surface area (Å²) in [6.45, 7) is 7.72. The maximum Gasteiger partial charge on any atom is 0.235 e. The summed E-state index contributed by atoms with van der Waals surface area (Å²) in [6.07, 6.45) is 5.47. The minimum atomic E-state index is 0.222. The van der Waals surface area contributed by atoms with E-state index >= 15 is 0 Å². The fraction of sp³-hybridized carbons (Fsp3) is 0.500. The molecule has 0 amide bonds. The molecule has 170 valence electrons. The van der Waals surface area contributed by atoms with Crippen LogP contribution >= 0.6 is 11.9 Å². The molecule has 1 saturated heterocycles. The van der Waals surface area contributed by atoms with E-state index < -0.39 is 0 Å². The summed E-state index contributed by atoms with van der Waals surface area (Å²) in [6, 6.07) is 5.91. The number of aryl methyl sites for hydroxylation is 1. The normalized spacial score (nSPS) is 16.5. The molecule has 9 nitrogen and oxygen atoms in total. The van der Waals surface area contributed by atoms with Crippen LogP contribution in [0.2, 0.25) is 0 Å². The Kier molecular flexibility index (Phi) is 7.21. The fourth-order valence-corrected chi connectivity index (χ4v) is 4.38. The smallest absolute Gasteiger partial charge is 0.235 e. The molecule has 4 heterocycles. The molecule has 32 heavy (non-hydrogen) atoms. The molecule has 1 aliphatic heterocycles. The van der Waals surface area contributed by atoms with Gasteiger partial charge in [-0.2, -0.15) is 0 Å². The van der Waals surface area contributed by atoms with Crippen LogP contribution in [0.1, 0.15) is 50.0 Å². The zero-order valence-electron chi connectivity index (χ0n) is 18.9. The van der Waals surface area contributed by atoms with E-state index in [2.05, 4.69) is 48.3 Å². The Morgan fingerprint density at radius 1 is 1.16 bits per heavy atom. The van der Waals surface area contributed by atoms with Crippen molar-refractivity contribution in [3.63, 3.8) is 0 Å². The second kappa shape index (κ2) is 10.3. The summed E-state index contributed by atoms with van der Waals surface area (Å²) in [5.41, 5.74) is 2.63. The van der Waals surface area contributed by atoms with E-state index in [-0.39, 0.29) is 17.2 Å². The third-order valence-corrected chi connectivity index (χ3v) is 6.80. The molecule has 3 aromatic heterocycles. The summed E-state index contributed by atoms with van der Waals surface area (Å²) < 4.78 is 16.5.